The minimum absolute atomic E-state index is 0.114. The predicted octanol–water partition coefficient (Wildman–Crippen LogP) is 7.30. The summed E-state index contributed by atoms with van der Waals surface area (Å²) in [6.45, 7) is 4.24. The summed E-state index contributed by atoms with van der Waals surface area (Å²) in [4.78, 5) is 0. The van der Waals surface area contributed by atoms with Gasteiger partial charge < -0.3 is 4.55 Å². The quantitative estimate of drug-likeness (QED) is 0.179. The van der Waals surface area contributed by atoms with Crippen LogP contribution in [0.3, 0.4) is 0 Å². The highest BCUT2D eigenvalue weighted by Crippen LogP contribution is 2.15. The standard InChI is InChI=1S/C21H44O2S/c1-3-5-6-7-8-9-10-11-12-13-14-15-16-17-18-19-20-21(4-2)24(22)23/h21H,3-20H2,1-2H3,(H,22,23)/p-1. The van der Waals surface area contributed by atoms with Crippen molar-refractivity contribution in [3.63, 3.8) is 0 Å². The highest BCUT2D eigenvalue weighted by molar-refractivity contribution is 7.79. The van der Waals surface area contributed by atoms with Crippen LogP contribution in [-0.4, -0.2) is 14.0 Å². The van der Waals surface area contributed by atoms with E-state index in [0.29, 0.717) is 0 Å². The first-order chi connectivity index (χ1) is 11.7. The molecule has 0 aliphatic carbocycles. The second-order valence-electron chi connectivity index (χ2n) is 7.38. The molecule has 0 amide bonds. The maximum Gasteiger partial charge on any atom is 0.0213 e. The molecule has 0 aromatic rings. The fraction of sp³-hybridized carbons (Fsp3) is 1.00. The van der Waals surface area contributed by atoms with Gasteiger partial charge in [0.05, 0.1) is 0 Å². The van der Waals surface area contributed by atoms with Gasteiger partial charge in [-0.3, -0.25) is 4.21 Å². The maximum absolute atomic E-state index is 10.9. The highest BCUT2D eigenvalue weighted by atomic mass is 32.2. The number of hydrogen-bond acceptors (Lipinski definition) is 2. The average molecular weight is 360 g/mol. The van der Waals surface area contributed by atoms with E-state index >= 15 is 0 Å². The molecule has 0 rings (SSSR count). The molecule has 3 heteroatoms. The van der Waals surface area contributed by atoms with Crippen LogP contribution in [0, 0.1) is 0 Å². The van der Waals surface area contributed by atoms with E-state index in [4.69, 9.17) is 0 Å². The van der Waals surface area contributed by atoms with Crippen LogP contribution in [0.25, 0.3) is 0 Å². The molecule has 0 fully saturated rings. The predicted molar refractivity (Wildman–Crippen MR) is 107 cm³/mol. The maximum atomic E-state index is 10.9. The van der Waals surface area contributed by atoms with Crippen LogP contribution in [0.1, 0.15) is 129 Å². The van der Waals surface area contributed by atoms with Crippen LogP contribution in [0.4, 0.5) is 0 Å². The topological polar surface area (TPSA) is 40.1 Å². The van der Waals surface area contributed by atoms with Crippen molar-refractivity contribution in [1.82, 2.24) is 0 Å². The van der Waals surface area contributed by atoms with Gasteiger partial charge in [-0.15, -0.1) is 0 Å². The van der Waals surface area contributed by atoms with Gasteiger partial charge in [0, 0.05) is 5.25 Å². The first-order valence-corrected chi connectivity index (χ1v) is 11.9. The van der Waals surface area contributed by atoms with Gasteiger partial charge >= 0.3 is 0 Å². The van der Waals surface area contributed by atoms with Crippen LogP contribution in [0.15, 0.2) is 0 Å². The third kappa shape index (κ3) is 17.0. The summed E-state index contributed by atoms with van der Waals surface area (Å²) in [7, 11) is 0. The van der Waals surface area contributed by atoms with Crippen LogP contribution in [0.2, 0.25) is 0 Å². The van der Waals surface area contributed by atoms with Crippen molar-refractivity contribution in [2.75, 3.05) is 0 Å². The molecule has 0 aliphatic rings. The van der Waals surface area contributed by atoms with Gasteiger partial charge in [0.15, 0.2) is 0 Å². The van der Waals surface area contributed by atoms with Crippen LogP contribution < -0.4 is 0 Å². The van der Waals surface area contributed by atoms with Crippen molar-refractivity contribution < 1.29 is 8.76 Å². The monoisotopic (exact) mass is 359 g/mol. The molecule has 0 saturated carbocycles. The van der Waals surface area contributed by atoms with Crippen molar-refractivity contribution in [1.29, 1.82) is 0 Å². The number of unbranched alkanes of at least 4 members (excludes halogenated alkanes) is 15. The Kier molecular flexibility index (Phi) is 19.5. The summed E-state index contributed by atoms with van der Waals surface area (Å²) >= 11 is -1.87. The molecular formula is C21H43O2S-. The molecule has 0 heterocycles. The zero-order valence-corrected chi connectivity index (χ0v) is 17.3. The van der Waals surface area contributed by atoms with Gasteiger partial charge in [-0.25, -0.2) is 0 Å². The molecule has 0 N–H and O–H groups in total. The van der Waals surface area contributed by atoms with Gasteiger partial charge in [-0.05, 0) is 12.8 Å². The van der Waals surface area contributed by atoms with Crippen LogP contribution in [0.5, 0.6) is 0 Å². The molecule has 146 valence electrons. The van der Waals surface area contributed by atoms with Gasteiger partial charge in [0.1, 0.15) is 0 Å². The van der Waals surface area contributed by atoms with E-state index in [9.17, 15) is 8.76 Å². The van der Waals surface area contributed by atoms with E-state index in [-0.39, 0.29) is 5.25 Å². The Morgan fingerprint density at radius 2 is 0.958 bits per heavy atom. The van der Waals surface area contributed by atoms with Gasteiger partial charge in [-0.1, -0.05) is 128 Å². The molecule has 0 radical (unpaired) electrons. The van der Waals surface area contributed by atoms with Gasteiger partial charge in [0.2, 0.25) is 0 Å². The summed E-state index contributed by atoms with van der Waals surface area (Å²) in [5, 5.41) is -0.114. The molecule has 2 nitrogen and oxygen atoms in total. The minimum atomic E-state index is -1.87. The Morgan fingerprint density at radius 1 is 0.625 bits per heavy atom. The van der Waals surface area contributed by atoms with Gasteiger partial charge in [-0.2, -0.15) is 0 Å². The lowest BCUT2D eigenvalue weighted by molar-refractivity contribution is 0.498. The normalized spacial score (nSPS) is 14.0. The Balaban J connectivity index is 3.11. The smallest absolute Gasteiger partial charge is 0.0213 e. The molecule has 0 aromatic heterocycles. The molecule has 2 unspecified atom stereocenters. The van der Waals surface area contributed by atoms with Crippen molar-refractivity contribution >= 4 is 11.1 Å². The first-order valence-electron chi connectivity index (χ1n) is 10.8. The average Bonchev–Trinajstić information content (AvgIpc) is 2.57. The lowest BCUT2D eigenvalue weighted by atomic mass is 10.0. The highest BCUT2D eigenvalue weighted by Gasteiger charge is 2.05. The van der Waals surface area contributed by atoms with Crippen molar-refractivity contribution in [2.45, 2.75) is 135 Å². The Morgan fingerprint density at radius 3 is 1.25 bits per heavy atom. The number of rotatable bonds is 19. The second-order valence-corrected chi connectivity index (χ2v) is 8.57. The fourth-order valence-corrected chi connectivity index (χ4v) is 3.99. The minimum Gasteiger partial charge on any atom is -0.772 e. The van der Waals surface area contributed by atoms with Crippen molar-refractivity contribution in [3.05, 3.63) is 0 Å². The van der Waals surface area contributed by atoms with Crippen LogP contribution in [-0.2, 0) is 11.1 Å². The zero-order chi connectivity index (χ0) is 17.9. The molecule has 0 aromatic carbocycles. The van der Waals surface area contributed by atoms with E-state index in [1.807, 2.05) is 6.92 Å². The third-order valence-electron chi connectivity index (χ3n) is 5.11. The molecule has 0 bridgehead atoms. The lowest BCUT2D eigenvalue weighted by Crippen LogP contribution is -2.13. The summed E-state index contributed by atoms with van der Waals surface area (Å²) < 4.78 is 21.8. The van der Waals surface area contributed by atoms with Crippen molar-refractivity contribution in [2.24, 2.45) is 0 Å². The second kappa shape index (κ2) is 19.4. The molecule has 2 atom stereocenters. The van der Waals surface area contributed by atoms with E-state index < -0.39 is 11.1 Å². The zero-order valence-electron chi connectivity index (χ0n) is 16.5. The molecule has 0 saturated heterocycles. The van der Waals surface area contributed by atoms with Gasteiger partial charge in [0.25, 0.3) is 0 Å². The number of hydrogen-bond donors (Lipinski definition) is 0. The van der Waals surface area contributed by atoms with E-state index in [1.54, 1.807) is 0 Å². The Labute approximate surface area is 154 Å². The SMILES string of the molecule is CCCCCCCCCCCCCCCCCCC(CC)S(=O)[O-]. The molecule has 0 aliphatic heterocycles. The lowest BCUT2D eigenvalue weighted by Gasteiger charge is -2.17. The van der Waals surface area contributed by atoms with E-state index in [0.717, 1.165) is 19.3 Å². The summed E-state index contributed by atoms with van der Waals surface area (Å²) in [5.41, 5.74) is 0. The summed E-state index contributed by atoms with van der Waals surface area (Å²) in [6, 6.07) is 0. The third-order valence-corrected chi connectivity index (χ3v) is 6.22. The molecule has 24 heavy (non-hydrogen) atoms. The van der Waals surface area contributed by atoms with Crippen LogP contribution >= 0.6 is 0 Å². The molecule has 0 spiro atoms. The fourth-order valence-electron chi connectivity index (χ4n) is 3.36. The largest absolute Gasteiger partial charge is 0.772 e. The molecular weight excluding hydrogens is 316 g/mol. The summed E-state index contributed by atoms with van der Waals surface area (Å²) in [5.74, 6) is 0. The van der Waals surface area contributed by atoms with Crippen molar-refractivity contribution in [3.8, 4) is 0 Å². The first kappa shape index (κ1) is 24.1. The summed E-state index contributed by atoms with van der Waals surface area (Å²) in [6.07, 6.45) is 23.5. The van der Waals surface area contributed by atoms with E-state index in [2.05, 4.69) is 6.92 Å². The Hall–Kier alpha value is 0.110. The van der Waals surface area contributed by atoms with E-state index in [1.165, 1.54) is 96.3 Å². The Bertz CT molecular complexity index is 269.